The number of nitrogens with one attached hydrogen (secondary N) is 1. The van der Waals surface area contributed by atoms with Crippen LogP contribution < -0.4 is 10.1 Å². The van der Waals surface area contributed by atoms with Crippen LogP contribution in [0.5, 0.6) is 5.75 Å². The third kappa shape index (κ3) is 4.47. The Labute approximate surface area is 133 Å². The summed E-state index contributed by atoms with van der Waals surface area (Å²) >= 11 is 0. The van der Waals surface area contributed by atoms with Gasteiger partial charge in [0.1, 0.15) is 5.75 Å². The quantitative estimate of drug-likeness (QED) is 0.831. The zero-order chi connectivity index (χ0) is 15.5. The van der Waals surface area contributed by atoms with Gasteiger partial charge in [0.2, 0.25) is 0 Å². The van der Waals surface area contributed by atoms with Crippen LogP contribution in [0.2, 0.25) is 0 Å². The lowest BCUT2D eigenvalue weighted by atomic mass is 10.0. The maximum Gasteiger partial charge on any atom is 0.461 e. The molecule has 0 bridgehead atoms. The maximum absolute atomic E-state index is 13.1. The fraction of sp³-hybridized carbons (Fsp3) is 0.571. The second-order valence-electron chi connectivity index (χ2n) is 4.96. The highest BCUT2D eigenvalue weighted by molar-refractivity contribution is 5.85. The van der Waals surface area contributed by atoms with Crippen molar-refractivity contribution >= 4 is 12.4 Å². The van der Waals surface area contributed by atoms with Crippen LogP contribution in [0.25, 0.3) is 0 Å². The molecule has 1 fully saturated rings. The van der Waals surface area contributed by atoms with Crippen LogP contribution >= 0.6 is 12.4 Å². The van der Waals surface area contributed by atoms with Crippen molar-refractivity contribution in [2.24, 2.45) is 0 Å². The molecule has 0 amide bonds. The largest absolute Gasteiger partial charge is 0.461 e. The zero-order valence-corrected chi connectivity index (χ0v) is 12.9. The van der Waals surface area contributed by atoms with E-state index in [1.807, 2.05) is 6.92 Å². The summed E-state index contributed by atoms with van der Waals surface area (Å²) in [4.78, 5) is 2.10. The predicted molar refractivity (Wildman–Crippen MR) is 78.1 cm³/mol. The second-order valence-corrected chi connectivity index (χ2v) is 4.96. The van der Waals surface area contributed by atoms with Gasteiger partial charge in [0.05, 0.1) is 0 Å². The lowest BCUT2D eigenvalue weighted by Crippen LogP contribution is -2.44. The number of hydrogen-bond donors (Lipinski definition) is 1. The summed E-state index contributed by atoms with van der Waals surface area (Å²) in [7, 11) is 0. The monoisotopic (exact) mass is 342 g/mol. The number of hydrogen-bond acceptors (Lipinski definition) is 3. The van der Waals surface area contributed by atoms with Crippen LogP contribution in [0.1, 0.15) is 18.5 Å². The van der Waals surface area contributed by atoms with Crippen molar-refractivity contribution in [3.05, 3.63) is 29.8 Å². The van der Waals surface area contributed by atoms with Crippen LogP contribution in [0.15, 0.2) is 24.3 Å². The number of ether oxygens (including phenoxy) is 1. The van der Waals surface area contributed by atoms with E-state index in [4.69, 9.17) is 0 Å². The molecular weight excluding hydrogens is 324 g/mol. The van der Waals surface area contributed by atoms with E-state index in [1.54, 1.807) is 12.1 Å². The van der Waals surface area contributed by atoms with Crippen molar-refractivity contribution in [2.75, 3.05) is 26.2 Å². The highest BCUT2D eigenvalue weighted by Crippen LogP contribution is 2.34. The molecule has 3 nitrogen and oxygen atoms in total. The first-order valence-corrected chi connectivity index (χ1v) is 6.80. The van der Waals surface area contributed by atoms with Crippen LogP contribution in [-0.4, -0.2) is 43.6 Å². The summed E-state index contributed by atoms with van der Waals surface area (Å²) in [5.74, 6) is -0.200. The van der Waals surface area contributed by atoms with Gasteiger partial charge in [0, 0.05) is 37.8 Å². The van der Waals surface area contributed by atoms with E-state index in [0.717, 1.165) is 26.2 Å². The van der Waals surface area contributed by atoms with Gasteiger partial charge in [-0.2, -0.15) is 17.6 Å². The Morgan fingerprint density at radius 3 is 2.36 bits per heavy atom. The lowest BCUT2D eigenvalue weighted by Gasteiger charge is -2.34. The molecule has 1 saturated heterocycles. The third-order valence-corrected chi connectivity index (χ3v) is 3.57. The molecule has 0 aliphatic carbocycles. The highest BCUT2D eigenvalue weighted by Gasteiger charge is 2.44. The Morgan fingerprint density at radius 2 is 1.77 bits per heavy atom. The van der Waals surface area contributed by atoms with Crippen molar-refractivity contribution in [2.45, 2.75) is 25.5 Å². The molecular formula is C14H19ClF4N2O. The first-order chi connectivity index (χ1) is 9.92. The fourth-order valence-electron chi connectivity index (χ4n) is 2.38. The van der Waals surface area contributed by atoms with E-state index in [9.17, 15) is 17.6 Å². The fourth-order valence-corrected chi connectivity index (χ4v) is 2.38. The van der Waals surface area contributed by atoms with Crippen molar-refractivity contribution in [3.63, 3.8) is 0 Å². The van der Waals surface area contributed by atoms with Crippen molar-refractivity contribution in [3.8, 4) is 5.75 Å². The Kier molecular flexibility index (Phi) is 6.90. The molecule has 0 saturated carbocycles. The average molecular weight is 343 g/mol. The Hall–Kier alpha value is -1.05. The highest BCUT2D eigenvalue weighted by atomic mass is 35.5. The first kappa shape index (κ1) is 19.0. The van der Waals surface area contributed by atoms with E-state index < -0.39 is 12.5 Å². The Bertz CT molecular complexity index is 470. The molecule has 1 aliphatic rings. The number of halogens is 5. The summed E-state index contributed by atoms with van der Waals surface area (Å²) in [6.45, 7) is 5.00. The molecule has 0 spiro atoms. The predicted octanol–water partition coefficient (Wildman–Crippen LogP) is 3.31. The van der Waals surface area contributed by atoms with E-state index in [1.165, 1.54) is 12.1 Å². The normalized spacial score (nSPS) is 17.9. The minimum Gasteiger partial charge on any atom is -0.428 e. The minimum atomic E-state index is -4.49. The zero-order valence-electron chi connectivity index (χ0n) is 12.1. The molecule has 1 aromatic carbocycles. The average Bonchev–Trinajstić information content (AvgIpc) is 2.47. The van der Waals surface area contributed by atoms with Crippen molar-refractivity contribution in [1.82, 2.24) is 10.2 Å². The summed E-state index contributed by atoms with van der Waals surface area (Å²) in [6.07, 6.45) is -8.35. The Balaban J connectivity index is 0.00000242. The van der Waals surface area contributed by atoms with E-state index in [-0.39, 0.29) is 24.2 Å². The minimum absolute atomic E-state index is 0. The van der Waals surface area contributed by atoms with Crippen LogP contribution in [0, 0.1) is 0 Å². The molecule has 0 radical (unpaired) electrons. The van der Waals surface area contributed by atoms with Gasteiger partial charge in [-0.15, -0.1) is 12.4 Å². The Morgan fingerprint density at radius 1 is 1.18 bits per heavy atom. The number of benzene rings is 1. The molecule has 1 aromatic rings. The molecule has 1 aliphatic heterocycles. The summed E-state index contributed by atoms with van der Waals surface area (Å²) in [5.41, 5.74) is 0.486. The number of para-hydroxylation sites is 1. The summed E-state index contributed by atoms with van der Waals surface area (Å²) in [6, 6.07) is 5.91. The van der Waals surface area contributed by atoms with Gasteiger partial charge in [0.25, 0.3) is 0 Å². The van der Waals surface area contributed by atoms with Crippen LogP contribution in [0.3, 0.4) is 0 Å². The van der Waals surface area contributed by atoms with Gasteiger partial charge in [-0.25, -0.2) is 0 Å². The van der Waals surface area contributed by atoms with Crippen molar-refractivity contribution in [1.29, 1.82) is 0 Å². The third-order valence-electron chi connectivity index (χ3n) is 3.57. The molecule has 1 atom stereocenters. The van der Waals surface area contributed by atoms with Gasteiger partial charge in [0.15, 0.2) is 0 Å². The van der Waals surface area contributed by atoms with Gasteiger partial charge < -0.3 is 10.1 Å². The molecule has 126 valence electrons. The molecule has 22 heavy (non-hydrogen) atoms. The molecule has 2 rings (SSSR count). The molecule has 0 unspecified atom stereocenters. The number of rotatable bonds is 5. The van der Waals surface area contributed by atoms with E-state index in [0.29, 0.717) is 5.56 Å². The van der Waals surface area contributed by atoms with Crippen LogP contribution in [-0.2, 0) is 0 Å². The summed E-state index contributed by atoms with van der Waals surface area (Å²) < 4.78 is 55.1. The summed E-state index contributed by atoms with van der Waals surface area (Å²) in [5, 5.41) is 3.20. The topological polar surface area (TPSA) is 24.5 Å². The van der Waals surface area contributed by atoms with Gasteiger partial charge in [-0.3, -0.25) is 4.90 Å². The van der Waals surface area contributed by atoms with Gasteiger partial charge in [-0.05, 0) is 13.0 Å². The number of nitrogens with zero attached hydrogens (tertiary/aromatic N) is 1. The molecule has 8 heteroatoms. The van der Waals surface area contributed by atoms with E-state index in [2.05, 4.69) is 15.0 Å². The first-order valence-electron chi connectivity index (χ1n) is 6.80. The van der Waals surface area contributed by atoms with Gasteiger partial charge in [-0.1, -0.05) is 18.2 Å². The molecule has 0 aromatic heterocycles. The second kappa shape index (κ2) is 7.99. The van der Waals surface area contributed by atoms with Gasteiger partial charge >= 0.3 is 12.5 Å². The number of alkyl halides is 4. The molecule has 1 N–H and O–H groups in total. The lowest BCUT2D eigenvalue weighted by molar-refractivity contribution is -0.253. The molecule has 1 heterocycles. The van der Waals surface area contributed by atoms with Crippen molar-refractivity contribution < 1.29 is 22.3 Å². The standard InChI is InChI=1S/C14H18F4N2O.ClH/c1-10(20-8-6-19-7-9-20)11-4-2-3-5-12(11)21-14(17,18)13(15)16;/h2-5,10,13,19H,6-9H2,1H3;1H/t10-;/m0./s1. The number of piperazine rings is 1. The van der Waals surface area contributed by atoms with Crippen LogP contribution in [0.4, 0.5) is 17.6 Å². The maximum atomic E-state index is 13.1. The smallest absolute Gasteiger partial charge is 0.428 e. The SMILES string of the molecule is C[C@@H](c1ccccc1OC(F)(F)C(F)F)N1CCNCC1.Cl. The van der Waals surface area contributed by atoms with E-state index >= 15 is 0 Å².